The van der Waals surface area contributed by atoms with Crippen LogP contribution in [-0.4, -0.2) is 19.2 Å². The highest BCUT2D eigenvalue weighted by Crippen LogP contribution is 2.37. The van der Waals surface area contributed by atoms with Gasteiger partial charge in [-0.3, -0.25) is 0 Å². The minimum absolute atomic E-state index is 0.000460. The molecule has 2 heterocycles. The Bertz CT molecular complexity index is 1190. The summed E-state index contributed by atoms with van der Waals surface area (Å²) in [6.07, 6.45) is 0.713. The van der Waals surface area contributed by atoms with Crippen molar-refractivity contribution in [2.24, 2.45) is 0 Å². The van der Waals surface area contributed by atoms with Crippen LogP contribution in [0.2, 0.25) is 0 Å². The summed E-state index contributed by atoms with van der Waals surface area (Å²) >= 11 is 0. The van der Waals surface area contributed by atoms with Gasteiger partial charge in [0.05, 0.1) is 0 Å². The summed E-state index contributed by atoms with van der Waals surface area (Å²) < 4.78 is 4.17. The van der Waals surface area contributed by atoms with E-state index in [1.165, 1.54) is 22.2 Å². The minimum atomic E-state index is 0.000460. The predicted octanol–water partition coefficient (Wildman–Crippen LogP) is 5.01. The number of nitrogens with zero attached hydrogens (tertiary/aromatic N) is 3. The number of phenols is 1. The van der Waals surface area contributed by atoms with Crippen LogP contribution >= 0.6 is 0 Å². The average molecular weight is 357 g/mol. The molecular formula is C23H23N3O. The third-order valence-corrected chi connectivity index (χ3v) is 5.31. The van der Waals surface area contributed by atoms with Crippen LogP contribution in [0.3, 0.4) is 0 Å². The maximum atomic E-state index is 11.1. The van der Waals surface area contributed by atoms with Crippen LogP contribution in [0.4, 0.5) is 0 Å². The Labute approximate surface area is 158 Å². The summed E-state index contributed by atoms with van der Waals surface area (Å²) in [4.78, 5) is 2.05. The van der Waals surface area contributed by atoms with E-state index < -0.39 is 0 Å². The number of fused-ring (bicyclic) bond motifs is 4. The molecule has 0 amide bonds. The molecule has 0 aliphatic carbocycles. The summed E-state index contributed by atoms with van der Waals surface area (Å²) in [6.45, 7) is 6.63. The highest BCUT2D eigenvalue weighted by atomic mass is 16.3. The average Bonchev–Trinajstić information content (AvgIpc) is 3.30. The first-order chi connectivity index (χ1) is 12.9. The van der Waals surface area contributed by atoms with Crippen LogP contribution in [0.15, 0.2) is 66.7 Å². The molecule has 0 radical (unpaired) electrons. The van der Waals surface area contributed by atoms with Gasteiger partial charge in [0, 0.05) is 12.0 Å². The lowest BCUT2D eigenvalue weighted by Gasteiger charge is -2.21. The molecular weight excluding hydrogens is 334 g/mol. The molecule has 5 rings (SSSR count). The van der Waals surface area contributed by atoms with Gasteiger partial charge in [0.15, 0.2) is 0 Å². The predicted molar refractivity (Wildman–Crippen MR) is 108 cm³/mol. The van der Waals surface area contributed by atoms with E-state index in [2.05, 4.69) is 66.4 Å². The Morgan fingerprint density at radius 2 is 1.41 bits per heavy atom. The van der Waals surface area contributed by atoms with Crippen LogP contribution < -0.4 is 0 Å². The maximum absolute atomic E-state index is 11.1. The molecule has 1 N–H and O–H groups in total. The molecule has 4 heteroatoms. The number of phenolic OH excluding ortho intramolecular Hbond substituents is 1. The van der Waals surface area contributed by atoms with Gasteiger partial charge in [-0.05, 0) is 34.7 Å². The highest BCUT2D eigenvalue weighted by Gasteiger charge is 2.28. The molecule has 0 spiro atoms. The molecule has 136 valence electrons. The van der Waals surface area contributed by atoms with Crippen molar-refractivity contribution in [2.75, 3.05) is 0 Å². The molecule has 0 fully saturated rings. The second-order valence-corrected chi connectivity index (χ2v) is 8.27. The van der Waals surface area contributed by atoms with Crippen molar-refractivity contribution in [3.05, 3.63) is 83.4 Å². The molecule has 5 aromatic rings. The third-order valence-electron chi connectivity index (χ3n) is 5.31. The number of aromatic hydroxyl groups is 1. The monoisotopic (exact) mass is 357 g/mol. The van der Waals surface area contributed by atoms with E-state index in [0.717, 1.165) is 11.3 Å². The number of hydrogen-bond acceptors (Lipinski definition) is 1. The van der Waals surface area contributed by atoms with Crippen LogP contribution in [0.25, 0.3) is 16.7 Å². The molecule has 0 aliphatic heterocycles. The molecule has 0 bridgehead atoms. The first kappa shape index (κ1) is 16.1. The minimum Gasteiger partial charge on any atom is -0.505 e. The molecule has 0 saturated heterocycles. The van der Waals surface area contributed by atoms with Crippen LogP contribution in [-0.2, 0) is 11.8 Å². The first-order valence-electron chi connectivity index (χ1n) is 9.34. The van der Waals surface area contributed by atoms with Crippen molar-refractivity contribution in [2.45, 2.75) is 32.6 Å². The van der Waals surface area contributed by atoms with Gasteiger partial charge < -0.3 is 5.11 Å². The lowest BCUT2D eigenvalue weighted by molar-refractivity contribution is 0.464. The van der Waals surface area contributed by atoms with E-state index in [-0.39, 0.29) is 5.41 Å². The van der Waals surface area contributed by atoms with Crippen molar-refractivity contribution in [3.63, 3.8) is 0 Å². The van der Waals surface area contributed by atoms with Gasteiger partial charge in [-0.2, -0.15) is 0 Å². The molecule has 0 atom stereocenters. The van der Waals surface area contributed by atoms with Crippen LogP contribution in [0.1, 0.15) is 37.5 Å². The molecule has 0 unspecified atom stereocenters. The fraction of sp³-hybridized carbons (Fsp3) is 0.217. The van der Waals surface area contributed by atoms with Crippen molar-refractivity contribution >= 4 is 11.0 Å². The summed E-state index contributed by atoms with van der Waals surface area (Å²) in [5.41, 5.74) is 6.55. The van der Waals surface area contributed by atoms with Gasteiger partial charge in [0.25, 0.3) is 0 Å². The Hall–Kier alpha value is -3.14. The van der Waals surface area contributed by atoms with E-state index in [9.17, 15) is 5.11 Å². The van der Waals surface area contributed by atoms with E-state index in [1.54, 1.807) is 0 Å². The van der Waals surface area contributed by atoms with Gasteiger partial charge in [-0.15, -0.1) is 14.1 Å². The van der Waals surface area contributed by atoms with Crippen molar-refractivity contribution in [3.8, 4) is 11.4 Å². The number of aromatic nitrogens is 3. The van der Waals surface area contributed by atoms with Crippen molar-refractivity contribution in [1.82, 2.24) is 14.1 Å². The molecule has 0 aliphatic rings. The summed E-state index contributed by atoms with van der Waals surface area (Å²) in [5.74, 6) is 0.354. The first-order valence-corrected chi connectivity index (χ1v) is 9.34. The topological polar surface area (TPSA) is 34.0 Å². The molecule has 3 aromatic carbocycles. The van der Waals surface area contributed by atoms with Gasteiger partial charge in [-0.1, -0.05) is 69.3 Å². The molecule has 4 nitrogen and oxygen atoms in total. The Kier molecular flexibility index (Phi) is 3.23. The fourth-order valence-corrected chi connectivity index (χ4v) is 3.71. The van der Waals surface area contributed by atoms with E-state index >= 15 is 0 Å². The zero-order valence-electron chi connectivity index (χ0n) is 15.8. The molecule has 0 saturated carbocycles. The fourth-order valence-electron chi connectivity index (χ4n) is 3.71. The van der Waals surface area contributed by atoms with E-state index in [0.29, 0.717) is 12.2 Å². The van der Waals surface area contributed by atoms with Crippen molar-refractivity contribution < 1.29 is 5.11 Å². The highest BCUT2D eigenvalue weighted by molar-refractivity contribution is 5.79. The van der Waals surface area contributed by atoms with Crippen molar-refractivity contribution in [1.29, 1.82) is 0 Å². The largest absolute Gasteiger partial charge is 0.505 e. The summed E-state index contributed by atoms with van der Waals surface area (Å²) in [7, 11) is 0. The van der Waals surface area contributed by atoms with Gasteiger partial charge in [0.2, 0.25) is 0 Å². The molecule has 27 heavy (non-hydrogen) atoms. The number of rotatable bonds is 3. The number of hydrogen-bond donors (Lipinski definition) is 1. The van der Waals surface area contributed by atoms with E-state index in [4.69, 9.17) is 0 Å². The zero-order chi connectivity index (χ0) is 18.8. The number of benzene rings is 3. The second kappa shape index (κ2) is 5.43. The Balaban J connectivity index is 1.68. The Morgan fingerprint density at radius 1 is 0.815 bits per heavy atom. The van der Waals surface area contributed by atoms with Gasteiger partial charge in [0.1, 0.15) is 22.5 Å². The van der Waals surface area contributed by atoms with E-state index in [1.807, 2.05) is 35.1 Å². The third kappa shape index (κ3) is 2.44. The van der Waals surface area contributed by atoms with Gasteiger partial charge in [-0.25, -0.2) is 0 Å². The standard InChI is InChI=1S/C23H23N3O/c1-23(2,3)18-14-17(13-16-9-5-4-6-10-16)22(27)21(15-18)26-24-19-11-7-8-12-20(19)25(24)26/h4-12,14-15,27H,13H2,1-3H3. The normalized spacial score (nSPS) is 12.6. The maximum Gasteiger partial charge on any atom is 0.146 e. The summed E-state index contributed by atoms with van der Waals surface area (Å²) in [6, 6.07) is 22.9. The summed E-state index contributed by atoms with van der Waals surface area (Å²) in [5, 5.41) is 11.1. The van der Waals surface area contributed by atoms with Crippen LogP contribution in [0, 0.1) is 0 Å². The SMILES string of the molecule is CC(C)(C)c1cc(Cc2ccccc2)c(O)c(-n2n3c4ccccc4n23)c1. The second-order valence-electron chi connectivity index (χ2n) is 8.27. The zero-order valence-corrected chi connectivity index (χ0v) is 15.8. The lowest BCUT2D eigenvalue weighted by atomic mass is 9.85. The van der Waals surface area contributed by atoms with Gasteiger partial charge >= 0.3 is 0 Å². The Morgan fingerprint density at radius 3 is 2.00 bits per heavy atom. The number of para-hydroxylation sites is 2. The molecule has 2 aromatic heterocycles. The van der Waals surface area contributed by atoms with Crippen LogP contribution in [0.5, 0.6) is 5.75 Å². The lowest BCUT2D eigenvalue weighted by Crippen LogP contribution is -2.12. The smallest absolute Gasteiger partial charge is 0.146 e. The quantitative estimate of drug-likeness (QED) is 0.484.